The minimum absolute atomic E-state index is 0.0424. The van der Waals surface area contributed by atoms with E-state index in [0.29, 0.717) is 0 Å². The maximum atomic E-state index is 12.5. The number of halogens is 2. The van der Waals surface area contributed by atoms with Gasteiger partial charge < -0.3 is 9.47 Å². The van der Waals surface area contributed by atoms with Crippen LogP contribution in [0.15, 0.2) is 41.3 Å². The lowest BCUT2D eigenvalue weighted by Crippen LogP contribution is -2.26. The third-order valence-corrected chi connectivity index (χ3v) is 5.56. The lowest BCUT2D eigenvalue weighted by atomic mass is 10.1. The Labute approximate surface area is 119 Å². The number of ether oxygens (including phenoxy) is 2. The van der Waals surface area contributed by atoms with Crippen LogP contribution in [0.3, 0.4) is 0 Å². The summed E-state index contributed by atoms with van der Waals surface area (Å²) in [6.07, 6.45) is 0. The Hall–Kier alpha value is -1.33. The number of hydrogen-bond acceptors (Lipinski definition) is 2. The van der Waals surface area contributed by atoms with Crippen LogP contribution in [-0.4, -0.2) is 31.3 Å². The highest BCUT2D eigenvalue weighted by atomic mass is 32.2. The molecule has 0 N–H and O–H groups in total. The van der Waals surface area contributed by atoms with Crippen LogP contribution in [0, 0.1) is 0 Å². The molecule has 20 heavy (non-hydrogen) atoms. The van der Waals surface area contributed by atoms with Crippen molar-refractivity contribution in [1.29, 1.82) is 0 Å². The van der Waals surface area contributed by atoms with Crippen LogP contribution in [0.5, 0.6) is 5.75 Å². The van der Waals surface area contributed by atoms with Crippen molar-refractivity contribution in [3.8, 4) is 5.75 Å². The fourth-order valence-electron chi connectivity index (χ4n) is 2.40. The first-order valence-electron chi connectivity index (χ1n) is 6.47. The van der Waals surface area contributed by atoms with Gasteiger partial charge in [0.2, 0.25) is 0 Å². The Morgan fingerprint density at radius 1 is 1.10 bits per heavy atom. The van der Waals surface area contributed by atoms with Crippen LogP contribution in [-0.2, 0) is 15.6 Å². The molecule has 5 heteroatoms. The van der Waals surface area contributed by atoms with E-state index in [1.54, 1.807) is 12.1 Å². The molecule has 0 amide bonds. The van der Waals surface area contributed by atoms with E-state index >= 15 is 0 Å². The normalized spacial score (nSPS) is 16.8. The van der Waals surface area contributed by atoms with Gasteiger partial charge in [0.1, 0.15) is 17.3 Å². The first kappa shape index (κ1) is 13.6. The Balaban J connectivity index is 2.06. The molecule has 1 aliphatic rings. The van der Waals surface area contributed by atoms with Crippen molar-refractivity contribution in [1.82, 2.24) is 0 Å². The van der Waals surface area contributed by atoms with E-state index in [1.165, 1.54) is 0 Å². The predicted octanol–water partition coefficient (Wildman–Crippen LogP) is 3.45. The Morgan fingerprint density at radius 3 is 2.60 bits per heavy atom. The molecular formula is C15H15F2O2S+. The zero-order valence-corrected chi connectivity index (χ0v) is 11.7. The lowest BCUT2D eigenvalue weighted by molar-refractivity contribution is -0.0498. The average Bonchev–Trinajstić information content (AvgIpc) is 2.47. The first-order valence-corrected chi connectivity index (χ1v) is 8.03. The van der Waals surface area contributed by atoms with Crippen molar-refractivity contribution >= 4 is 21.7 Å². The SMILES string of the molecule is FC(F)Oc1cc([S+]2CCOCC2)c2ccccc2c1. The molecule has 106 valence electrons. The van der Waals surface area contributed by atoms with Gasteiger partial charge in [0.25, 0.3) is 0 Å². The molecule has 0 spiro atoms. The van der Waals surface area contributed by atoms with E-state index in [0.717, 1.165) is 40.4 Å². The van der Waals surface area contributed by atoms with Crippen LogP contribution in [0.4, 0.5) is 8.78 Å². The number of benzene rings is 2. The highest BCUT2D eigenvalue weighted by Gasteiger charge is 2.28. The van der Waals surface area contributed by atoms with Crippen molar-refractivity contribution in [3.05, 3.63) is 36.4 Å². The summed E-state index contributed by atoms with van der Waals surface area (Å²) in [6.45, 7) is -1.32. The van der Waals surface area contributed by atoms with Crippen LogP contribution < -0.4 is 4.74 Å². The predicted molar refractivity (Wildman–Crippen MR) is 76.8 cm³/mol. The second-order valence-electron chi connectivity index (χ2n) is 4.53. The number of alkyl halides is 2. The molecule has 1 heterocycles. The zero-order chi connectivity index (χ0) is 13.9. The van der Waals surface area contributed by atoms with Gasteiger partial charge in [0.05, 0.1) is 13.2 Å². The van der Waals surface area contributed by atoms with Crippen LogP contribution in [0.25, 0.3) is 10.8 Å². The highest BCUT2D eigenvalue weighted by molar-refractivity contribution is 7.97. The molecule has 0 saturated carbocycles. The molecule has 3 rings (SSSR count). The van der Waals surface area contributed by atoms with Gasteiger partial charge in [-0.2, -0.15) is 8.78 Å². The molecule has 2 nitrogen and oxygen atoms in total. The molecule has 0 bridgehead atoms. The van der Waals surface area contributed by atoms with Crippen molar-refractivity contribution in [3.63, 3.8) is 0 Å². The van der Waals surface area contributed by atoms with Gasteiger partial charge in [0.15, 0.2) is 4.90 Å². The molecule has 1 saturated heterocycles. The standard InChI is InChI=1S/C15H15F2O2S/c16-15(17)19-12-9-11-3-1-2-4-13(11)14(10-12)20-7-5-18-6-8-20/h1-4,9-10,15H,5-8H2/q+1. The number of hydrogen-bond donors (Lipinski definition) is 0. The topological polar surface area (TPSA) is 18.5 Å². The Bertz CT molecular complexity index is 597. The number of fused-ring (bicyclic) bond motifs is 1. The fourth-order valence-corrected chi connectivity index (χ4v) is 4.46. The fraction of sp³-hybridized carbons (Fsp3) is 0.333. The van der Waals surface area contributed by atoms with Gasteiger partial charge in [-0.05, 0) is 17.5 Å². The maximum absolute atomic E-state index is 12.5. The summed E-state index contributed by atoms with van der Waals surface area (Å²) in [7, 11) is 0.0424. The van der Waals surface area contributed by atoms with Crippen molar-refractivity contribution in [2.24, 2.45) is 0 Å². The van der Waals surface area contributed by atoms with Gasteiger partial charge in [0, 0.05) is 22.3 Å². The summed E-state index contributed by atoms with van der Waals surface area (Å²) in [6, 6.07) is 11.3. The molecule has 0 unspecified atom stereocenters. The van der Waals surface area contributed by atoms with E-state index in [4.69, 9.17) is 4.74 Å². The molecule has 1 aliphatic heterocycles. The van der Waals surface area contributed by atoms with E-state index in [1.807, 2.05) is 24.3 Å². The molecular weight excluding hydrogens is 282 g/mol. The second-order valence-corrected chi connectivity index (χ2v) is 6.78. The minimum Gasteiger partial charge on any atom is -0.435 e. The third-order valence-electron chi connectivity index (χ3n) is 3.28. The zero-order valence-electron chi connectivity index (χ0n) is 10.9. The van der Waals surface area contributed by atoms with Crippen molar-refractivity contribution in [2.75, 3.05) is 24.7 Å². The van der Waals surface area contributed by atoms with Crippen molar-refractivity contribution in [2.45, 2.75) is 11.5 Å². The van der Waals surface area contributed by atoms with Gasteiger partial charge in [-0.1, -0.05) is 18.2 Å². The molecule has 2 aromatic carbocycles. The van der Waals surface area contributed by atoms with E-state index in [2.05, 4.69) is 4.74 Å². The monoisotopic (exact) mass is 297 g/mol. The van der Waals surface area contributed by atoms with Gasteiger partial charge >= 0.3 is 6.61 Å². The summed E-state index contributed by atoms with van der Waals surface area (Å²) in [5.74, 6) is 2.14. The minimum atomic E-state index is -2.79. The second kappa shape index (κ2) is 5.97. The van der Waals surface area contributed by atoms with Crippen LogP contribution >= 0.6 is 0 Å². The molecule has 0 radical (unpaired) electrons. The lowest BCUT2D eigenvalue weighted by Gasteiger charge is -2.16. The van der Waals surface area contributed by atoms with Gasteiger partial charge in [-0.25, -0.2) is 0 Å². The Kier molecular flexibility index (Phi) is 4.08. The highest BCUT2D eigenvalue weighted by Crippen LogP contribution is 2.32. The van der Waals surface area contributed by atoms with Crippen LogP contribution in [0.1, 0.15) is 0 Å². The molecule has 1 fully saturated rings. The van der Waals surface area contributed by atoms with E-state index < -0.39 is 6.61 Å². The van der Waals surface area contributed by atoms with Gasteiger partial charge in [-0.15, -0.1) is 0 Å². The van der Waals surface area contributed by atoms with Crippen LogP contribution in [0.2, 0.25) is 0 Å². The van der Waals surface area contributed by atoms with Gasteiger partial charge in [-0.3, -0.25) is 0 Å². The first-order chi connectivity index (χ1) is 9.74. The number of rotatable bonds is 3. The largest absolute Gasteiger partial charge is 0.435 e. The summed E-state index contributed by atoms with van der Waals surface area (Å²) in [5, 5.41) is 2.07. The summed E-state index contributed by atoms with van der Waals surface area (Å²) >= 11 is 0. The molecule has 0 atom stereocenters. The summed E-state index contributed by atoms with van der Waals surface area (Å²) < 4.78 is 34.9. The Morgan fingerprint density at radius 2 is 1.85 bits per heavy atom. The molecule has 0 aliphatic carbocycles. The quantitative estimate of drug-likeness (QED) is 0.808. The summed E-state index contributed by atoms with van der Waals surface area (Å²) in [4.78, 5) is 1.11. The average molecular weight is 297 g/mol. The molecule has 2 aromatic rings. The summed E-state index contributed by atoms with van der Waals surface area (Å²) in [5.41, 5.74) is 0. The van der Waals surface area contributed by atoms with E-state index in [9.17, 15) is 8.78 Å². The molecule has 0 aromatic heterocycles. The van der Waals surface area contributed by atoms with Crippen molar-refractivity contribution < 1.29 is 18.3 Å². The maximum Gasteiger partial charge on any atom is 0.387 e. The van der Waals surface area contributed by atoms with E-state index in [-0.39, 0.29) is 16.6 Å². The smallest absolute Gasteiger partial charge is 0.387 e. The third kappa shape index (κ3) is 2.88.